The summed E-state index contributed by atoms with van der Waals surface area (Å²) in [7, 11) is 0. The van der Waals surface area contributed by atoms with Gasteiger partial charge in [0.05, 0.1) is 5.56 Å². The topological polar surface area (TPSA) is 29.1 Å². The Hall–Kier alpha value is -1.75. The van der Waals surface area contributed by atoms with Gasteiger partial charge in [-0.25, -0.2) is 8.78 Å². The van der Waals surface area contributed by atoms with Crippen molar-refractivity contribution in [3.8, 4) is 0 Å². The minimum absolute atomic E-state index is 0.00522. The Kier molecular flexibility index (Phi) is 4.49. The van der Waals surface area contributed by atoms with Gasteiger partial charge >= 0.3 is 0 Å². The maximum Gasteiger partial charge on any atom is 0.252 e. The molecule has 0 atom stereocenters. The lowest BCUT2D eigenvalue weighted by Gasteiger charge is -2.08. The van der Waals surface area contributed by atoms with Crippen molar-refractivity contribution >= 4 is 21.8 Å². The number of benzene rings is 2. The third-order valence-corrected chi connectivity index (χ3v) is 3.48. The Morgan fingerprint density at radius 2 is 1.95 bits per heavy atom. The van der Waals surface area contributed by atoms with Gasteiger partial charge < -0.3 is 5.32 Å². The molecule has 0 radical (unpaired) electrons. The standard InChI is InChI=1S/C15H12BrF2NO/c1-9-2-5-12(13(16)6-9)15(20)19-8-10-3-4-11(17)7-14(10)18/h2-7H,8H2,1H3,(H,19,20). The molecule has 0 saturated heterocycles. The van der Waals surface area contributed by atoms with Gasteiger partial charge in [0.15, 0.2) is 0 Å². The summed E-state index contributed by atoms with van der Waals surface area (Å²) in [5, 5.41) is 2.60. The van der Waals surface area contributed by atoms with Gasteiger partial charge in [0.1, 0.15) is 11.6 Å². The maximum absolute atomic E-state index is 13.4. The van der Waals surface area contributed by atoms with E-state index in [0.29, 0.717) is 10.0 Å². The molecule has 0 unspecified atom stereocenters. The second-order valence-corrected chi connectivity index (χ2v) is 5.26. The van der Waals surface area contributed by atoms with Crippen molar-refractivity contribution in [1.29, 1.82) is 0 Å². The van der Waals surface area contributed by atoms with E-state index < -0.39 is 11.6 Å². The number of hydrogen-bond donors (Lipinski definition) is 1. The van der Waals surface area contributed by atoms with E-state index >= 15 is 0 Å². The molecule has 0 aromatic heterocycles. The SMILES string of the molecule is Cc1ccc(C(=O)NCc2ccc(F)cc2F)c(Br)c1. The summed E-state index contributed by atoms with van der Waals surface area (Å²) in [6.07, 6.45) is 0. The Morgan fingerprint density at radius 3 is 2.60 bits per heavy atom. The molecule has 0 aliphatic rings. The molecule has 0 aliphatic carbocycles. The summed E-state index contributed by atoms with van der Waals surface area (Å²) in [4.78, 5) is 12.0. The molecule has 5 heteroatoms. The number of carbonyl (C=O) groups is 1. The second kappa shape index (κ2) is 6.13. The quantitative estimate of drug-likeness (QED) is 0.900. The van der Waals surface area contributed by atoms with Gasteiger partial charge in [0.25, 0.3) is 5.91 Å². The lowest BCUT2D eigenvalue weighted by atomic mass is 10.1. The molecule has 0 heterocycles. The van der Waals surface area contributed by atoms with E-state index in [-0.39, 0.29) is 18.0 Å². The van der Waals surface area contributed by atoms with Crippen LogP contribution in [0.4, 0.5) is 8.78 Å². The highest BCUT2D eigenvalue weighted by atomic mass is 79.9. The average molecular weight is 340 g/mol. The van der Waals surface area contributed by atoms with Crippen molar-refractivity contribution in [3.63, 3.8) is 0 Å². The highest BCUT2D eigenvalue weighted by Gasteiger charge is 2.11. The summed E-state index contributed by atoms with van der Waals surface area (Å²) < 4.78 is 26.9. The fourth-order valence-electron chi connectivity index (χ4n) is 1.74. The number of aryl methyl sites for hydroxylation is 1. The van der Waals surface area contributed by atoms with Crippen LogP contribution in [-0.4, -0.2) is 5.91 Å². The van der Waals surface area contributed by atoms with Crippen LogP contribution < -0.4 is 5.32 Å². The highest BCUT2D eigenvalue weighted by Crippen LogP contribution is 2.18. The van der Waals surface area contributed by atoms with Crippen LogP contribution in [-0.2, 0) is 6.54 Å². The molecule has 0 bridgehead atoms. The molecule has 0 aliphatic heterocycles. The van der Waals surface area contributed by atoms with Crippen LogP contribution in [0.25, 0.3) is 0 Å². The van der Waals surface area contributed by atoms with Gasteiger partial charge in [0, 0.05) is 22.6 Å². The lowest BCUT2D eigenvalue weighted by molar-refractivity contribution is 0.0950. The first-order valence-electron chi connectivity index (χ1n) is 5.95. The Morgan fingerprint density at radius 1 is 1.20 bits per heavy atom. The van der Waals surface area contributed by atoms with E-state index in [2.05, 4.69) is 21.2 Å². The van der Waals surface area contributed by atoms with Crippen molar-refractivity contribution in [2.45, 2.75) is 13.5 Å². The van der Waals surface area contributed by atoms with Crippen molar-refractivity contribution in [2.24, 2.45) is 0 Å². The Bertz CT molecular complexity index is 658. The van der Waals surface area contributed by atoms with Gasteiger partial charge in [-0.2, -0.15) is 0 Å². The molecule has 0 saturated carbocycles. The number of amides is 1. The number of hydrogen-bond acceptors (Lipinski definition) is 1. The molecule has 0 fully saturated rings. The van der Waals surface area contributed by atoms with Gasteiger partial charge in [-0.05, 0) is 46.6 Å². The van der Waals surface area contributed by atoms with Gasteiger partial charge in [-0.1, -0.05) is 12.1 Å². The third-order valence-electron chi connectivity index (χ3n) is 2.82. The highest BCUT2D eigenvalue weighted by molar-refractivity contribution is 9.10. The van der Waals surface area contributed by atoms with Crippen LogP contribution in [0.2, 0.25) is 0 Å². The van der Waals surface area contributed by atoms with Crippen LogP contribution in [0.1, 0.15) is 21.5 Å². The molecule has 2 rings (SSSR count). The minimum Gasteiger partial charge on any atom is -0.348 e. The van der Waals surface area contributed by atoms with E-state index in [1.165, 1.54) is 6.07 Å². The molecule has 0 spiro atoms. The zero-order valence-corrected chi connectivity index (χ0v) is 12.3. The Labute approximate surface area is 123 Å². The van der Waals surface area contributed by atoms with Crippen LogP contribution >= 0.6 is 15.9 Å². The van der Waals surface area contributed by atoms with Crippen molar-refractivity contribution in [1.82, 2.24) is 5.32 Å². The summed E-state index contributed by atoms with van der Waals surface area (Å²) in [6.45, 7) is 1.92. The molecule has 2 aromatic rings. The van der Waals surface area contributed by atoms with Gasteiger partial charge in [0.2, 0.25) is 0 Å². The van der Waals surface area contributed by atoms with Crippen molar-refractivity contribution < 1.29 is 13.6 Å². The average Bonchev–Trinajstić information content (AvgIpc) is 2.37. The number of carbonyl (C=O) groups excluding carboxylic acids is 1. The van der Waals surface area contributed by atoms with E-state index in [0.717, 1.165) is 17.7 Å². The number of nitrogens with one attached hydrogen (secondary N) is 1. The smallest absolute Gasteiger partial charge is 0.252 e. The predicted octanol–water partition coefficient (Wildman–Crippen LogP) is 3.97. The second-order valence-electron chi connectivity index (χ2n) is 4.40. The molecule has 2 nitrogen and oxygen atoms in total. The van der Waals surface area contributed by atoms with Crippen molar-refractivity contribution in [2.75, 3.05) is 0 Å². The maximum atomic E-state index is 13.4. The zero-order chi connectivity index (χ0) is 14.7. The molecular weight excluding hydrogens is 328 g/mol. The first-order chi connectivity index (χ1) is 9.47. The number of rotatable bonds is 3. The molecule has 1 amide bonds. The number of halogens is 3. The van der Waals surface area contributed by atoms with Crippen LogP contribution in [0.5, 0.6) is 0 Å². The van der Waals surface area contributed by atoms with Crippen LogP contribution in [0, 0.1) is 18.6 Å². The largest absolute Gasteiger partial charge is 0.348 e. The molecule has 1 N–H and O–H groups in total. The van der Waals surface area contributed by atoms with Crippen LogP contribution in [0.15, 0.2) is 40.9 Å². The molecular formula is C15H12BrF2NO. The lowest BCUT2D eigenvalue weighted by Crippen LogP contribution is -2.23. The molecule has 20 heavy (non-hydrogen) atoms. The van der Waals surface area contributed by atoms with Gasteiger partial charge in [-0.15, -0.1) is 0 Å². The summed E-state index contributed by atoms with van der Waals surface area (Å²) in [5.41, 5.74) is 1.74. The van der Waals surface area contributed by atoms with Crippen molar-refractivity contribution in [3.05, 3.63) is 69.2 Å². The van der Waals surface area contributed by atoms with E-state index in [4.69, 9.17) is 0 Å². The monoisotopic (exact) mass is 339 g/mol. The predicted molar refractivity (Wildman–Crippen MR) is 76.4 cm³/mol. The Balaban J connectivity index is 2.08. The zero-order valence-electron chi connectivity index (χ0n) is 10.7. The molecule has 104 valence electrons. The van der Waals surface area contributed by atoms with E-state index in [1.54, 1.807) is 6.07 Å². The molecule has 2 aromatic carbocycles. The van der Waals surface area contributed by atoms with Crippen LogP contribution in [0.3, 0.4) is 0 Å². The fourth-order valence-corrected chi connectivity index (χ4v) is 2.41. The summed E-state index contributed by atoms with van der Waals surface area (Å²) in [6, 6.07) is 8.60. The third kappa shape index (κ3) is 3.42. The summed E-state index contributed by atoms with van der Waals surface area (Å²) in [5.74, 6) is -1.63. The first kappa shape index (κ1) is 14.7. The normalized spacial score (nSPS) is 10.4. The van der Waals surface area contributed by atoms with E-state index in [1.807, 2.05) is 19.1 Å². The fraction of sp³-hybridized carbons (Fsp3) is 0.133. The minimum atomic E-state index is -0.673. The van der Waals surface area contributed by atoms with Gasteiger partial charge in [-0.3, -0.25) is 4.79 Å². The summed E-state index contributed by atoms with van der Waals surface area (Å²) >= 11 is 3.31. The van der Waals surface area contributed by atoms with E-state index in [9.17, 15) is 13.6 Å². The first-order valence-corrected chi connectivity index (χ1v) is 6.75.